The minimum Gasteiger partial charge on any atom is -0.507 e. The number of rotatable bonds is 6. The summed E-state index contributed by atoms with van der Waals surface area (Å²) < 4.78 is 10.5. The number of phenolic OH excluding ortho intramolecular Hbond substituents is 1. The lowest BCUT2D eigenvalue weighted by molar-refractivity contribution is -0.138. The number of nitrogens with zero attached hydrogens (tertiary/aromatic N) is 1. The van der Waals surface area contributed by atoms with E-state index in [-0.39, 0.29) is 23.7 Å². The maximum atomic E-state index is 12.5. The van der Waals surface area contributed by atoms with Crippen molar-refractivity contribution in [3.8, 4) is 11.5 Å². The molecule has 0 fully saturated rings. The molecule has 156 valence electrons. The molecule has 2 N–H and O–H groups in total. The molecule has 2 aromatic carbocycles. The van der Waals surface area contributed by atoms with Crippen molar-refractivity contribution in [3.63, 3.8) is 0 Å². The third-order valence-electron chi connectivity index (χ3n) is 4.30. The van der Waals surface area contributed by atoms with Gasteiger partial charge in [-0.1, -0.05) is 30.0 Å². The standard InChI is InChI=1S/C23H23NO5S/c1-4-28-17-11-9-16(10-12-17)24-22-19(23(27)29-5-2)21(26)18(30-22)13-15-8-6-7-14(3)20(15)25/h6-13,25-26H,4-5H2,1-3H3/b18-13+,24-22?. The number of esters is 1. The molecule has 30 heavy (non-hydrogen) atoms. The molecule has 0 unspecified atom stereocenters. The Morgan fingerprint density at radius 1 is 1.10 bits per heavy atom. The van der Waals surface area contributed by atoms with Crippen LogP contribution in [0.5, 0.6) is 11.5 Å². The number of aliphatic hydroxyl groups is 1. The minimum atomic E-state index is -0.649. The zero-order valence-corrected chi connectivity index (χ0v) is 17.8. The molecule has 0 aromatic heterocycles. The van der Waals surface area contributed by atoms with Crippen molar-refractivity contribution in [2.75, 3.05) is 13.2 Å². The van der Waals surface area contributed by atoms with E-state index in [1.54, 1.807) is 56.3 Å². The van der Waals surface area contributed by atoms with E-state index in [1.807, 2.05) is 13.0 Å². The average Bonchev–Trinajstić information content (AvgIpc) is 3.02. The Hall–Kier alpha value is -3.19. The van der Waals surface area contributed by atoms with Crippen LogP contribution in [0.3, 0.4) is 0 Å². The van der Waals surface area contributed by atoms with Crippen LogP contribution in [0.2, 0.25) is 0 Å². The predicted octanol–water partition coefficient (Wildman–Crippen LogP) is 5.29. The summed E-state index contributed by atoms with van der Waals surface area (Å²) in [6, 6.07) is 12.4. The van der Waals surface area contributed by atoms with Crippen molar-refractivity contribution in [3.05, 3.63) is 69.8 Å². The van der Waals surface area contributed by atoms with Crippen LogP contribution < -0.4 is 4.74 Å². The van der Waals surface area contributed by atoms with Crippen LogP contribution in [0.25, 0.3) is 6.08 Å². The molecule has 1 heterocycles. The summed E-state index contributed by atoms with van der Waals surface area (Å²) in [5, 5.41) is 21.4. The largest absolute Gasteiger partial charge is 0.507 e. The van der Waals surface area contributed by atoms with Crippen molar-refractivity contribution in [1.29, 1.82) is 0 Å². The molecule has 1 aliphatic rings. The lowest BCUT2D eigenvalue weighted by Gasteiger charge is -2.05. The Kier molecular flexibility index (Phi) is 6.84. The highest BCUT2D eigenvalue weighted by molar-refractivity contribution is 8.18. The van der Waals surface area contributed by atoms with Gasteiger partial charge in [0.05, 0.1) is 23.8 Å². The number of carbonyl (C=O) groups is 1. The van der Waals surface area contributed by atoms with Crippen molar-refractivity contribution in [1.82, 2.24) is 0 Å². The van der Waals surface area contributed by atoms with E-state index in [0.29, 0.717) is 33.4 Å². The number of aliphatic imine (C=N–C) groups is 1. The number of thioether (sulfide) groups is 1. The molecule has 1 aliphatic heterocycles. The summed E-state index contributed by atoms with van der Waals surface area (Å²) in [7, 11) is 0. The van der Waals surface area contributed by atoms with Gasteiger partial charge >= 0.3 is 5.97 Å². The number of aliphatic hydroxyl groups excluding tert-OH is 1. The van der Waals surface area contributed by atoms with E-state index >= 15 is 0 Å². The molecular weight excluding hydrogens is 402 g/mol. The second-order valence-corrected chi connectivity index (χ2v) is 7.44. The summed E-state index contributed by atoms with van der Waals surface area (Å²) in [4.78, 5) is 17.4. The van der Waals surface area contributed by atoms with Gasteiger partial charge in [-0.3, -0.25) is 0 Å². The molecule has 0 bridgehead atoms. The Balaban J connectivity index is 2.02. The van der Waals surface area contributed by atoms with Gasteiger partial charge in [0.15, 0.2) is 0 Å². The fourth-order valence-corrected chi connectivity index (χ4v) is 3.86. The number of phenols is 1. The van der Waals surface area contributed by atoms with Crippen LogP contribution in [0.4, 0.5) is 5.69 Å². The first-order chi connectivity index (χ1) is 14.4. The SMILES string of the molecule is CCOC(=O)C1=C(O)/C(=C\c2cccc(C)c2O)SC1=Nc1ccc(OCC)cc1. The van der Waals surface area contributed by atoms with Crippen LogP contribution >= 0.6 is 11.8 Å². The van der Waals surface area contributed by atoms with Gasteiger partial charge in [0.25, 0.3) is 0 Å². The van der Waals surface area contributed by atoms with Crippen LogP contribution in [-0.2, 0) is 9.53 Å². The summed E-state index contributed by atoms with van der Waals surface area (Å²) in [6.07, 6.45) is 1.63. The molecule has 7 heteroatoms. The second-order valence-electron chi connectivity index (χ2n) is 6.41. The maximum Gasteiger partial charge on any atom is 0.344 e. The summed E-state index contributed by atoms with van der Waals surface area (Å²) in [6.45, 7) is 6.13. The molecular formula is C23H23NO5S. The maximum absolute atomic E-state index is 12.5. The van der Waals surface area contributed by atoms with Crippen molar-refractivity contribution in [2.24, 2.45) is 4.99 Å². The molecule has 3 rings (SSSR count). The molecule has 0 amide bonds. The number of aryl methyl sites for hydroxylation is 1. The fourth-order valence-electron chi connectivity index (χ4n) is 2.83. The van der Waals surface area contributed by atoms with E-state index in [4.69, 9.17) is 9.47 Å². The van der Waals surface area contributed by atoms with Gasteiger partial charge in [0.1, 0.15) is 27.9 Å². The average molecular weight is 426 g/mol. The second kappa shape index (κ2) is 9.54. The minimum absolute atomic E-state index is 0.00845. The normalized spacial score (nSPS) is 16.4. The fraction of sp³-hybridized carbons (Fsp3) is 0.217. The Morgan fingerprint density at radius 3 is 2.50 bits per heavy atom. The highest BCUT2D eigenvalue weighted by atomic mass is 32.2. The zero-order valence-electron chi connectivity index (χ0n) is 17.0. The van der Waals surface area contributed by atoms with Crippen LogP contribution in [-0.4, -0.2) is 34.4 Å². The Labute approximate surface area is 179 Å². The molecule has 6 nitrogen and oxygen atoms in total. The lowest BCUT2D eigenvalue weighted by Crippen LogP contribution is -2.12. The number of aromatic hydroxyl groups is 1. The molecule has 0 saturated heterocycles. The lowest BCUT2D eigenvalue weighted by atomic mass is 10.1. The topological polar surface area (TPSA) is 88.4 Å². The van der Waals surface area contributed by atoms with Gasteiger partial charge < -0.3 is 19.7 Å². The molecule has 2 aromatic rings. The van der Waals surface area contributed by atoms with Gasteiger partial charge in [-0.25, -0.2) is 9.79 Å². The van der Waals surface area contributed by atoms with E-state index in [2.05, 4.69) is 4.99 Å². The Morgan fingerprint density at radius 2 is 1.83 bits per heavy atom. The first kappa shape index (κ1) is 21.5. The first-order valence-electron chi connectivity index (χ1n) is 9.55. The van der Waals surface area contributed by atoms with Gasteiger partial charge in [-0.15, -0.1) is 0 Å². The third-order valence-corrected chi connectivity index (χ3v) is 5.32. The van der Waals surface area contributed by atoms with Crippen LogP contribution in [0, 0.1) is 6.92 Å². The summed E-state index contributed by atoms with van der Waals surface area (Å²) >= 11 is 1.14. The van der Waals surface area contributed by atoms with Crippen molar-refractivity contribution < 1.29 is 24.5 Å². The van der Waals surface area contributed by atoms with Crippen molar-refractivity contribution in [2.45, 2.75) is 20.8 Å². The van der Waals surface area contributed by atoms with E-state index < -0.39 is 5.97 Å². The summed E-state index contributed by atoms with van der Waals surface area (Å²) in [5.41, 5.74) is 1.86. The number of benzene rings is 2. The predicted molar refractivity (Wildman–Crippen MR) is 119 cm³/mol. The number of hydrogen-bond donors (Lipinski definition) is 2. The Bertz CT molecular complexity index is 1040. The molecule has 0 atom stereocenters. The molecule has 0 saturated carbocycles. The number of para-hydroxylation sites is 1. The van der Waals surface area contributed by atoms with Gasteiger partial charge in [-0.2, -0.15) is 0 Å². The number of carbonyl (C=O) groups excluding carboxylic acids is 1. The summed E-state index contributed by atoms with van der Waals surface area (Å²) in [5.74, 6) is -0.0267. The van der Waals surface area contributed by atoms with Gasteiger partial charge in [0.2, 0.25) is 0 Å². The molecule has 0 radical (unpaired) electrons. The van der Waals surface area contributed by atoms with Gasteiger partial charge in [0, 0.05) is 5.56 Å². The highest BCUT2D eigenvalue weighted by Gasteiger charge is 2.33. The molecule has 0 spiro atoms. The zero-order chi connectivity index (χ0) is 21.7. The van der Waals surface area contributed by atoms with Gasteiger partial charge in [-0.05, 0) is 56.7 Å². The van der Waals surface area contributed by atoms with Crippen molar-refractivity contribution >= 4 is 34.5 Å². The number of ether oxygens (including phenoxy) is 2. The number of hydrogen-bond acceptors (Lipinski definition) is 7. The van der Waals surface area contributed by atoms with Crippen LogP contribution in [0.15, 0.2) is 63.7 Å². The van der Waals surface area contributed by atoms with Crippen LogP contribution in [0.1, 0.15) is 25.0 Å². The first-order valence-corrected chi connectivity index (χ1v) is 10.4. The smallest absolute Gasteiger partial charge is 0.344 e. The molecule has 0 aliphatic carbocycles. The van der Waals surface area contributed by atoms with E-state index in [9.17, 15) is 15.0 Å². The third kappa shape index (κ3) is 4.68. The van der Waals surface area contributed by atoms with E-state index in [1.165, 1.54) is 0 Å². The monoisotopic (exact) mass is 425 g/mol. The quantitative estimate of drug-likeness (QED) is 0.611. The highest BCUT2D eigenvalue weighted by Crippen LogP contribution is 2.41. The van der Waals surface area contributed by atoms with E-state index in [0.717, 1.165) is 17.5 Å².